The molecule has 0 saturated heterocycles. The molecule has 2 atom stereocenters. The van der Waals surface area contributed by atoms with E-state index in [-0.39, 0.29) is 11.6 Å². The van der Waals surface area contributed by atoms with Gasteiger partial charge in [0.15, 0.2) is 0 Å². The maximum absolute atomic E-state index is 11.0. The molecular weight excluding hydrogens is 502 g/mol. The van der Waals surface area contributed by atoms with Crippen molar-refractivity contribution in [1.29, 1.82) is 0 Å². The molecule has 0 saturated carbocycles. The first-order valence-corrected chi connectivity index (χ1v) is 12.9. The first-order chi connectivity index (χ1) is 18.4. The van der Waals surface area contributed by atoms with Gasteiger partial charge in [0.1, 0.15) is 23.0 Å². The Morgan fingerprint density at radius 3 is 2.16 bits per heavy atom. The second kappa shape index (κ2) is 11.7. The van der Waals surface area contributed by atoms with Crippen LogP contribution < -0.4 is 14.8 Å². The molecule has 1 aliphatic rings. The Bertz CT molecular complexity index is 1400. The highest BCUT2D eigenvalue weighted by molar-refractivity contribution is 6.30. The number of benzene rings is 4. The third-order valence-electron chi connectivity index (χ3n) is 6.64. The average Bonchev–Trinajstić information content (AvgIpc) is 2.93. The Hall–Kier alpha value is -3.84. The number of aromatic carboxylic acids is 1. The maximum atomic E-state index is 11.0. The van der Waals surface area contributed by atoms with Crippen LogP contribution in [0.2, 0.25) is 5.02 Å². The van der Waals surface area contributed by atoms with Crippen molar-refractivity contribution < 1.29 is 24.5 Å². The van der Waals surface area contributed by atoms with Gasteiger partial charge in [0.25, 0.3) is 0 Å². The lowest BCUT2D eigenvalue weighted by molar-refractivity contribution is 0.0697. The number of rotatable bonds is 9. The van der Waals surface area contributed by atoms with E-state index in [1.54, 1.807) is 24.3 Å². The van der Waals surface area contributed by atoms with Gasteiger partial charge in [-0.2, -0.15) is 0 Å². The highest BCUT2D eigenvalue weighted by Gasteiger charge is 2.20. The minimum atomic E-state index is -0.973. The highest BCUT2D eigenvalue weighted by Crippen LogP contribution is 2.31. The number of carbonyl (C=O) groups is 1. The summed E-state index contributed by atoms with van der Waals surface area (Å²) in [5.74, 6) is 1.66. The zero-order valence-electron chi connectivity index (χ0n) is 20.6. The SMILES string of the molecule is O=C(O)c1ccc(Oc2ccc(Oc3ccc4c(c3)C[C@@H](NC[C@H](O)c3cccc(Cl)c3)CC4)cc2)cc1. The van der Waals surface area contributed by atoms with Crippen LogP contribution in [-0.4, -0.2) is 28.8 Å². The summed E-state index contributed by atoms with van der Waals surface area (Å²) in [4.78, 5) is 11.0. The Kier molecular flexibility index (Phi) is 7.94. The number of ether oxygens (including phenoxy) is 2. The number of aryl methyl sites for hydroxylation is 1. The van der Waals surface area contributed by atoms with Gasteiger partial charge >= 0.3 is 5.97 Å². The Morgan fingerprint density at radius 1 is 0.868 bits per heavy atom. The summed E-state index contributed by atoms with van der Waals surface area (Å²) < 4.78 is 11.9. The third kappa shape index (κ3) is 6.53. The Balaban J connectivity index is 1.17. The topological polar surface area (TPSA) is 88.0 Å². The summed E-state index contributed by atoms with van der Waals surface area (Å²) in [6.07, 6.45) is 2.24. The number of fused-ring (bicyclic) bond motifs is 1. The molecule has 0 radical (unpaired) electrons. The molecule has 38 heavy (non-hydrogen) atoms. The van der Waals surface area contributed by atoms with Gasteiger partial charge in [0.05, 0.1) is 11.7 Å². The number of aliphatic hydroxyl groups excluding tert-OH is 1. The van der Waals surface area contributed by atoms with E-state index in [2.05, 4.69) is 17.4 Å². The molecule has 0 amide bonds. The van der Waals surface area contributed by atoms with E-state index in [0.29, 0.717) is 28.8 Å². The molecule has 4 aromatic carbocycles. The third-order valence-corrected chi connectivity index (χ3v) is 6.87. The van der Waals surface area contributed by atoms with Crippen molar-refractivity contribution in [3.05, 3.63) is 118 Å². The fraction of sp³-hybridized carbons (Fsp3) is 0.194. The van der Waals surface area contributed by atoms with Gasteiger partial charge in [-0.3, -0.25) is 0 Å². The smallest absolute Gasteiger partial charge is 0.335 e. The van der Waals surface area contributed by atoms with E-state index >= 15 is 0 Å². The van der Waals surface area contributed by atoms with Gasteiger partial charge in [-0.25, -0.2) is 4.79 Å². The number of nitrogens with one attached hydrogen (secondary N) is 1. The number of hydrogen-bond acceptors (Lipinski definition) is 5. The largest absolute Gasteiger partial charge is 0.478 e. The molecule has 0 aliphatic heterocycles. The number of halogens is 1. The van der Waals surface area contributed by atoms with Crippen LogP contribution >= 0.6 is 11.6 Å². The Morgan fingerprint density at radius 2 is 1.50 bits per heavy atom. The minimum absolute atomic E-state index is 0.211. The molecule has 194 valence electrons. The van der Waals surface area contributed by atoms with Crippen molar-refractivity contribution in [2.75, 3.05) is 6.54 Å². The van der Waals surface area contributed by atoms with Crippen molar-refractivity contribution in [1.82, 2.24) is 5.32 Å². The van der Waals surface area contributed by atoms with Gasteiger partial charge in [-0.05, 0) is 109 Å². The van der Waals surface area contributed by atoms with E-state index < -0.39 is 12.1 Å². The van der Waals surface area contributed by atoms with E-state index in [4.69, 9.17) is 26.2 Å². The number of aliphatic hydroxyl groups is 1. The normalized spacial score (nSPS) is 15.4. The molecule has 0 bridgehead atoms. The standard InChI is InChI=1S/C31H28ClNO5/c32-24-3-1-2-22(16-24)30(34)19-33-25-8-4-20-5-11-29(18-23(20)17-25)38-28-14-12-27(13-15-28)37-26-9-6-21(7-10-26)31(35)36/h1-3,5-7,9-16,18,25,30,33-34H,4,8,17,19H2,(H,35,36)/t25-,30-/m0/s1. The lowest BCUT2D eigenvalue weighted by Crippen LogP contribution is -2.37. The second-order valence-electron chi connectivity index (χ2n) is 9.35. The lowest BCUT2D eigenvalue weighted by Gasteiger charge is -2.27. The predicted octanol–water partition coefficient (Wildman–Crippen LogP) is 6.80. The molecule has 1 aliphatic carbocycles. The summed E-state index contributed by atoms with van der Waals surface area (Å²) in [6, 6.07) is 27.4. The summed E-state index contributed by atoms with van der Waals surface area (Å²) in [5.41, 5.74) is 3.59. The summed E-state index contributed by atoms with van der Waals surface area (Å²) in [7, 11) is 0. The molecule has 0 spiro atoms. The molecule has 0 fully saturated rings. The van der Waals surface area contributed by atoms with Crippen LogP contribution in [0.5, 0.6) is 23.0 Å². The summed E-state index contributed by atoms with van der Waals surface area (Å²) in [6.45, 7) is 0.467. The van der Waals surface area contributed by atoms with Gasteiger partial charge in [0, 0.05) is 17.6 Å². The molecule has 0 aromatic heterocycles. The first-order valence-electron chi connectivity index (χ1n) is 12.5. The number of carboxylic acid groups (broad SMARTS) is 1. The van der Waals surface area contributed by atoms with Crippen LogP contribution in [0.4, 0.5) is 0 Å². The predicted molar refractivity (Wildman–Crippen MR) is 147 cm³/mol. The van der Waals surface area contributed by atoms with Gasteiger partial charge in [-0.15, -0.1) is 0 Å². The quantitative estimate of drug-likeness (QED) is 0.221. The van der Waals surface area contributed by atoms with Crippen LogP contribution in [0.15, 0.2) is 91.0 Å². The van der Waals surface area contributed by atoms with Crippen molar-refractivity contribution in [3.63, 3.8) is 0 Å². The molecule has 0 heterocycles. The second-order valence-corrected chi connectivity index (χ2v) is 9.79. The molecule has 7 heteroatoms. The van der Waals surface area contributed by atoms with Crippen LogP contribution in [0.1, 0.15) is 39.6 Å². The van der Waals surface area contributed by atoms with Crippen molar-refractivity contribution >= 4 is 17.6 Å². The minimum Gasteiger partial charge on any atom is -0.478 e. The number of carboxylic acids is 1. The average molecular weight is 530 g/mol. The lowest BCUT2D eigenvalue weighted by atomic mass is 9.88. The van der Waals surface area contributed by atoms with Crippen LogP contribution in [0.25, 0.3) is 0 Å². The van der Waals surface area contributed by atoms with Crippen LogP contribution in [0, 0.1) is 0 Å². The monoisotopic (exact) mass is 529 g/mol. The molecule has 3 N–H and O–H groups in total. The molecule has 5 rings (SSSR count). The van der Waals surface area contributed by atoms with Gasteiger partial charge in [0.2, 0.25) is 0 Å². The highest BCUT2D eigenvalue weighted by atomic mass is 35.5. The molecular formula is C31H28ClNO5. The summed E-state index contributed by atoms with van der Waals surface area (Å²) >= 11 is 6.05. The fourth-order valence-electron chi connectivity index (χ4n) is 4.59. The van der Waals surface area contributed by atoms with Crippen molar-refractivity contribution in [2.24, 2.45) is 0 Å². The molecule has 6 nitrogen and oxygen atoms in total. The zero-order chi connectivity index (χ0) is 26.5. The molecule has 0 unspecified atom stereocenters. The first kappa shape index (κ1) is 25.8. The maximum Gasteiger partial charge on any atom is 0.335 e. The number of hydrogen-bond donors (Lipinski definition) is 3. The van der Waals surface area contributed by atoms with Crippen LogP contribution in [0.3, 0.4) is 0 Å². The van der Waals surface area contributed by atoms with Crippen molar-refractivity contribution in [3.8, 4) is 23.0 Å². The Labute approximate surface area is 226 Å². The van der Waals surface area contributed by atoms with E-state index in [1.165, 1.54) is 23.3 Å². The fourth-order valence-corrected chi connectivity index (χ4v) is 4.79. The molecule has 4 aromatic rings. The van der Waals surface area contributed by atoms with Gasteiger partial charge in [-0.1, -0.05) is 29.8 Å². The van der Waals surface area contributed by atoms with E-state index in [9.17, 15) is 9.90 Å². The van der Waals surface area contributed by atoms with E-state index in [0.717, 1.165) is 30.6 Å². The van der Waals surface area contributed by atoms with Gasteiger partial charge < -0.3 is 25.0 Å². The van der Waals surface area contributed by atoms with Crippen molar-refractivity contribution in [2.45, 2.75) is 31.4 Å². The van der Waals surface area contributed by atoms with Crippen LogP contribution in [-0.2, 0) is 12.8 Å². The zero-order valence-corrected chi connectivity index (χ0v) is 21.4. The van der Waals surface area contributed by atoms with E-state index in [1.807, 2.05) is 42.5 Å². The summed E-state index contributed by atoms with van der Waals surface area (Å²) in [5, 5.41) is 23.7.